The van der Waals surface area contributed by atoms with Crippen LogP contribution in [-0.2, 0) is 21.8 Å². The Labute approximate surface area is 449 Å². The SMILES string of the molecule is CC(C)(C)OC(=O)N1CCNCC1.CCNc1nc(Cl)ncc1C(F)(F)F.CCNc1nc(Nc2cc(F)c(C(=O)N3CCN(C(=O)OC(C)(C)C)CC3)cc2OC)ncc1C(F)(F)F.COc1cc(C(=O)O)c(F)cc1N. The summed E-state index contributed by atoms with van der Waals surface area (Å²) >= 11 is 5.37. The first-order chi connectivity index (χ1) is 36.2. The van der Waals surface area contributed by atoms with E-state index < -0.39 is 70.1 Å². The van der Waals surface area contributed by atoms with E-state index in [9.17, 15) is 49.9 Å². The van der Waals surface area contributed by atoms with Crippen molar-refractivity contribution in [3.63, 3.8) is 0 Å². The molecule has 0 saturated carbocycles. The Morgan fingerprint density at radius 1 is 0.679 bits per heavy atom. The van der Waals surface area contributed by atoms with Crippen LogP contribution in [-0.4, -0.2) is 155 Å². The predicted molar refractivity (Wildman–Crippen MR) is 272 cm³/mol. The minimum atomic E-state index is -4.67. The van der Waals surface area contributed by atoms with Gasteiger partial charge in [0.2, 0.25) is 11.2 Å². The molecule has 2 fully saturated rings. The average Bonchev–Trinajstić information content (AvgIpc) is 3.33. The molecule has 2 aliphatic heterocycles. The van der Waals surface area contributed by atoms with Crippen LogP contribution in [0.25, 0.3) is 0 Å². The Balaban J connectivity index is 0.000000324. The van der Waals surface area contributed by atoms with Gasteiger partial charge in [-0.3, -0.25) is 4.79 Å². The van der Waals surface area contributed by atoms with Gasteiger partial charge in [-0.1, -0.05) is 0 Å². The second-order valence-electron chi connectivity index (χ2n) is 18.4. The molecule has 4 heterocycles. The van der Waals surface area contributed by atoms with E-state index in [4.69, 9.17) is 41.4 Å². The highest BCUT2D eigenvalue weighted by molar-refractivity contribution is 6.28. The molecule has 78 heavy (non-hydrogen) atoms. The van der Waals surface area contributed by atoms with Crippen LogP contribution in [0.15, 0.2) is 36.7 Å². The number of aromatic nitrogens is 4. The van der Waals surface area contributed by atoms with Crippen molar-refractivity contribution in [2.75, 3.05) is 101 Å². The lowest BCUT2D eigenvalue weighted by molar-refractivity contribution is -0.138. The molecule has 0 spiro atoms. The topological polar surface area (TPSA) is 261 Å². The highest BCUT2D eigenvalue weighted by Crippen LogP contribution is 2.36. The van der Waals surface area contributed by atoms with Crippen LogP contribution >= 0.6 is 11.6 Å². The molecule has 6 rings (SSSR count). The number of hydrogen-bond acceptors (Lipinski definition) is 17. The van der Waals surface area contributed by atoms with Crippen molar-refractivity contribution in [3.05, 3.63) is 75.8 Å². The van der Waals surface area contributed by atoms with Gasteiger partial charge < -0.3 is 65.8 Å². The first kappa shape index (κ1) is 64.9. The number of carboxylic acids is 1. The Morgan fingerprint density at radius 2 is 1.13 bits per heavy atom. The number of hydrogen-bond donors (Lipinski definition) is 6. The van der Waals surface area contributed by atoms with E-state index in [0.29, 0.717) is 18.9 Å². The van der Waals surface area contributed by atoms with Crippen molar-refractivity contribution in [2.45, 2.75) is 78.9 Å². The fraction of sp³-hybridized carbons (Fsp3) is 0.500. The highest BCUT2D eigenvalue weighted by atomic mass is 35.5. The molecule has 2 aromatic carbocycles. The summed E-state index contributed by atoms with van der Waals surface area (Å²) in [4.78, 5) is 66.2. The summed E-state index contributed by atoms with van der Waals surface area (Å²) in [5.41, 5.74) is 1.71. The Kier molecular flexibility index (Phi) is 23.5. The number of nitrogens with zero attached hydrogens (tertiary/aromatic N) is 7. The fourth-order valence-corrected chi connectivity index (χ4v) is 6.73. The molecule has 0 unspecified atom stereocenters. The van der Waals surface area contributed by atoms with E-state index in [1.54, 1.807) is 39.5 Å². The summed E-state index contributed by atoms with van der Waals surface area (Å²) in [7, 11) is 2.62. The number of piperazine rings is 2. The van der Waals surface area contributed by atoms with E-state index in [1.165, 1.54) is 30.1 Å². The lowest BCUT2D eigenvalue weighted by Gasteiger charge is -2.35. The van der Waals surface area contributed by atoms with E-state index in [2.05, 4.69) is 41.2 Å². The number of benzene rings is 2. The molecular formula is C48H63ClF8N12O9. The van der Waals surface area contributed by atoms with Crippen molar-refractivity contribution in [2.24, 2.45) is 0 Å². The lowest BCUT2D eigenvalue weighted by Crippen LogP contribution is -2.51. The molecule has 2 saturated heterocycles. The molecule has 2 aliphatic rings. The van der Waals surface area contributed by atoms with Crippen molar-refractivity contribution >= 4 is 64.6 Å². The fourth-order valence-electron chi connectivity index (χ4n) is 6.60. The molecule has 0 atom stereocenters. The number of halogens is 9. The number of carbonyl (C=O) groups is 4. The van der Waals surface area contributed by atoms with Crippen LogP contribution in [0, 0.1) is 11.6 Å². The third kappa shape index (κ3) is 20.2. The molecule has 0 aliphatic carbocycles. The van der Waals surface area contributed by atoms with Crippen LogP contribution in [0.5, 0.6) is 11.5 Å². The van der Waals surface area contributed by atoms with Crippen molar-refractivity contribution in [1.82, 2.24) is 40.0 Å². The third-order valence-corrected chi connectivity index (χ3v) is 10.3. The Bertz CT molecular complexity index is 2680. The number of anilines is 5. The number of aromatic carboxylic acids is 1. The molecule has 432 valence electrons. The van der Waals surface area contributed by atoms with Crippen LogP contribution in [0.2, 0.25) is 5.28 Å². The number of nitrogens with one attached hydrogen (secondary N) is 4. The minimum Gasteiger partial charge on any atom is -0.495 e. The second kappa shape index (κ2) is 28.3. The standard InChI is InChI=1S/C24H30F4N6O4.C9H18N2O2.C8H8FNO3.C7H7ClF3N3/c1-6-29-19-15(24(26,27)28)13-30-21(32-19)31-17-12-16(25)14(11-18(17)37-5)20(35)33-7-9-34(10-8-33)22(36)38-23(2,3)4;1-9(2,3)13-8(12)11-6-4-10-5-7-11;1-13-7-2-4(8(11)12)5(9)3-6(7)10;1-2-12-5-4(7(9,10)11)3-13-6(8)14-5/h11-13H,6-10H2,1-5H3,(H2,29,30,31,32);10H,4-7H2,1-3H3;2-3H,10H2,1H3,(H,11,12);3H,2H2,1H3,(H,12,13,14). The number of amides is 3. The van der Waals surface area contributed by atoms with Gasteiger partial charge in [0, 0.05) is 90.0 Å². The molecule has 30 heteroatoms. The van der Waals surface area contributed by atoms with Crippen molar-refractivity contribution in [3.8, 4) is 11.5 Å². The van der Waals surface area contributed by atoms with Crippen LogP contribution in [0.4, 0.5) is 73.7 Å². The maximum absolute atomic E-state index is 15.1. The Morgan fingerprint density at radius 3 is 1.59 bits per heavy atom. The highest BCUT2D eigenvalue weighted by Gasteiger charge is 2.37. The zero-order chi connectivity index (χ0) is 58.9. The summed E-state index contributed by atoms with van der Waals surface area (Å²) in [6.45, 7) is 18.7. The molecule has 0 radical (unpaired) electrons. The van der Waals surface area contributed by atoms with Gasteiger partial charge >= 0.3 is 30.5 Å². The number of nitrogens with two attached hydrogens (primary N) is 1. The number of rotatable bonds is 10. The molecule has 2 aromatic heterocycles. The summed E-state index contributed by atoms with van der Waals surface area (Å²) in [6, 6.07) is 4.14. The van der Waals surface area contributed by atoms with Gasteiger partial charge in [0.1, 0.15) is 57.1 Å². The molecule has 4 aromatic rings. The van der Waals surface area contributed by atoms with E-state index >= 15 is 4.39 Å². The van der Waals surface area contributed by atoms with E-state index in [0.717, 1.165) is 44.4 Å². The minimum absolute atomic E-state index is 0.0125. The van der Waals surface area contributed by atoms with Gasteiger partial charge in [0.25, 0.3) is 5.91 Å². The van der Waals surface area contributed by atoms with Crippen LogP contribution < -0.4 is 36.5 Å². The number of nitrogen functional groups attached to an aromatic ring is 1. The number of alkyl halides is 6. The van der Waals surface area contributed by atoms with Crippen LogP contribution in [0.1, 0.15) is 87.2 Å². The third-order valence-electron chi connectivity index (χ3n) is 10.2. The lowest BCUT2D eigenvalue weighted by atomic mass is 10.1. The van der Waals surface area contributed by atoms with E-state index in [-0.39, 0.29) is 89.9 Å². The van der Waals surface area contributed by atoms with Gasteiger partial charge in [-0.05, 0) is 79.1 Å². The summed E-state index contributed by atoms with van der Waals surface area (Å²) in [5.74, 6) is -4.46. The van der Waals surface area contributed by atoms with Gasteiger partial charge in [0.15, 0.2) is 0 Å². The smallest absolute Gasteiger partial charge is 0.421 e. The summed E-state index contributed by atoms with van der Waals surface area (Å²) in [6.07, 6.45) is -8.55. The van der Waals surface area contributed by atoms with Gasteiger partial charge in [0.05, 0.1) is 36.7 Å². The van der Waals surface area contributed by atoms with Crippen LogP contribution in [0.3, 0.4) is 0 Å². The maximum atomic E-state index is 15.1. The largest absolute Gasteiger partial charge is 0.495 e. The molecular weight excluding hydrogens is 1080 g/mol. The Hall–Kier alpha value is -7.43. The number of carboxylic acid groups (broad SMARTS) is 1. The zero-order valence-electron chi connectivity index (χ0n) is 44.4. The molecule has 21 nitrogen and oxygen atoms in total. The van der Waals surface area contributed by atoms with Gasteiger partial charge in [-0.2, -0.15) is 31.3 Å². The number of ether oxygens (including phenoxy) is 4. The second-order valence-corrected chi connectivity index (χ2v) is 18.8. The average molecular weight is 1140 g/mol. The first-order valence-electron chi connectivity index (χ1n) is 23.7. The zero-order valence-corrected chi connectivity index (χ0v) is 45.1. The maximum Gasteiger partial charge on any atom is 0.421 e. The molecule has 3 amide bonds. The van der Waals surface area contributed by atoms with Crippen molar-refractivity contribution in [1.29, 1.82) is 0 Å². The predicted octanol–water partition coefficient (Wildman–Crippen LogP) is 9.03. The summed E-state index contributed by atoms with van der Waals surface area (Å²) in [5, 5.41) is 19.2. The summed E-state index contributed by atoms with van der Waals surface area (Å²) < 4.78 is 125. The van der Waals surface area contributed by atoms with Gasteiger partial charge in [-0.15, -0.1) is 0 Å². The van der Waals surface area contributed by atoms with Crippen molar-refractivity contribution < 1.29 is 78.4 Å². The first-order valence-corrected chi connectivity index (χ1v) is 24.1. The molecule has 7 N–H and O–H groups in total. The number of carbonyl (C=O) groups excluding carboxylic acids is 3. The molecule has 0 bridgehead atoms. The van der Waals surface area contributed by atoms with E-state index in [1.807, 2.05) is 20.8 Å². The number of methoxy groups -OCH3 is 2. The van der Waals surface area contributed by atoms with Gasteiger partial charge in [-0.25, -0.2) is 38.1 Å². The monoisotopic (exact) mass is 1140 g/mol. The quantitative estimate of drug-likeness (QED) is 0.0491. The normalized spacial score (nSPS) is 13.7.